The molecule has 0 saturated carbocycles. The normalized spacial score (nSPS) is 12.7. The summed E-state index contributed by atoms with van der Waals surface area (Å²) in [6.45, 7) is -0.157. The van der Waals surface area contributed by atoms with E-state index in [1.165, 1.54) is 16.5 Å². The van der Waals surface area contributed by atoms with Crippen molar-refractivity contribution in [2.75, 3.05) is 19.5 Å². The van der Waals surface area contributed by atoms with Crippen LogP contribution in [0.3, 0.4) is 0 Å². The Balaban J connectivity index is 1.19. The van der Waals surface area contributed by atoms with E-state index in [4.69, 9.17) is 4.74 Å². The van der Waals surface area contributed by atoms with Crippen LogP contribution in [0.15, 0.2) is 224 Å². The lowest BCUT2D eigenvalue weighted by Gasteiger charge is -2.48. The highest BCUT2D eigenvalue weighted by Crippen LogP contribution is 2.56. The van der Waals surface area contributed by atoms with Crippen LogP contribution in [0.25, 0.3) is 11.1 Å². The number of nitrogens with zero attached hydrogens (tertiary/aromatic N) is 4. The van der Waals surface area contributed by atoms with Gasteiger partial charge in [-0.3, -0.25) is 0 Å². The molecular weight excluding hydrogens is 731 g/mol. The van der Waals surface area contributed by atoms with E-state index in [9.17, 15) is 0 Å². The average molecular weight is 769 g/mol. The van der Waals surface area contributed by atoms with Crippen LogP contribution in [0.5, 0.6) is 11.5 Å². The summed E-state index contributed by atoms with van der Waals surface area (Å²) in [7, 11) is 0. The molecule has 0 bridgehead atoms. The molecule has 0 spiro atoms. The van der Waals surface area contributed by atoms with Crippen LogP contribution in [0.4, 0.5) is 62.6 Å². The highest BCUT2D eigenvalue weighted by Gasteiger charge is 2.48. The number of hydrogen-bond donors (Lipinski definition) is 0. The molecule has 0 radical (unpaired) electrons. The number of rotatable bonds is 7. The molecule has 3 aliphatic rings. The van der Waals surface area contributed by atoms with Gasteiger partial charge in [0.1, 0.15) is 5.75 Å². The smallest absolute Gasteiger partial charge is 0.333 e. The lowest BCUT2D eigenvalue weighted by atomic mass is 9.43. The van der Waals surface area contributed by atoms with Crippen LogP contribution >= 0.6 is 0 Å². The largest absolute Gasteiger partial charge is 0.453 e. The van der Waals surface area contributed by atoms with Gasteiger partial charge in [-0.1, -0.05) is 121 Å². The first-order chi connectivity index (χ1) is 29.8. The first-order valence-electron chi connectivity index (χ1n) is 20.5. The van der Waals surface area contributed by atoms with E-state index in [1.807, 2.05) is 0 Å². The Bertz CT molecular complexity index is 2960. The molecule has 60 heavy (non-hydrogen) atoms. The molecule has 9 aromatic carbocycles. The average Bonchev–Trinajstić information content (AvgIpc) is 3.31. The summed E-state index contributed by atoms with van der Waals surface area (Å²) < 4.78 is 6.75. The van der Waals surface area contributed by atoms with Crippen LogP contribution < -0.4 is 35.2 Å². The molecule has 0 fully saturated rings. The summed E-state index contributed by atoms with van der Waals surface area (Å²) in [5.41, 5.74) is 16.8. The lowest BCUT2D eigenvalue weighted by Crippen LogP contribution is -2.62. The second-order valence-electron chi connectivity index (χ2n) is 15.3. The molecule has 0 unspecified atom stereocenters. The number of benzene rings is 9. The lowest BCUT2D eigenvalue weighted by molar-refractivity contribution is 0.478. The van der Waals surface area contributed by atoms with Crippen LogP contribution in [-0.2, 0) is 0 Å². The van der Waals surface area contributed by atoms with E-state index in [-0.39, 0.29) is 6.85 Å². The Hall–Kier alpha value is -7.96. The van der Waals surface area contributed by atoms with Gasteiger partial charge in [0, 0.05) is 56.7 Å². The summed E-state index contributed by atoms with van der Waals surface area (Å²) in [6, 6.07) is 80.3. The van der Waals surface area contributed by atoms with Gasteiger partial charge in [-0.15, -0.1) is 0 Å². The van der Waals surface area contributed by atoms with Crippen LogP contribution in [0.2, 0.25) is 0 Å². The molecule has 6 heteroatoms. The molecule has 0 aliphatic carbocycles. The van der Waals surface area contributed by atoms with Gasteiger partial charge in [0.15, 0.2) is 5.75 Å². The summed E-state index contributed by atoms with van der Waals surface area (Å²) in [6.07, 6.45) is 0. The monoisotopic (exact) mass is 768 g/mol. The van der Waals surface area contributed by atoms with Crippen molar-refractivity contribution in [2.24, 2.45) is 0 Å². The van der Waals surface area contributed by atoms with Crippen molar-refractivity contribution in [1.29, 1.82) is 0 Å². The fourth-order valence-electron chi connectivity index (χ4n) is 9.47. The third-order valence-corrected chi connectivity index (χ3v) is 11.9. The second kappa shape index (κ2) is 13.9. The highest BCUT2D eigenvalue weighted by atomic mass is 16.5. The predicted octanol–water partition coefficient (Wildman–Crippen LogP) is 13.4. The molecule has 282 valence electrons. The number of ether oxygens (including phenoxy) is 1. The Morgan fingerprint density at radius 2 is 0.883 bits per heavy atom. The van der Waals surface area contributed by atoms with E-state index >= 15 is 0 Å². The minimum atomic E-state index is -0.157. The minimum absolute atomic E-state index is 0.157. The van der Waals surface area contributed by atoms with Gasteiger partial charge in [-0.2, -0.15) is 0 Å². The SMILES string of the molecule is c1ccc(N(c2ccccc2)c2ccc3c(c2)N(c2ccccc2)c2cc(N(c4ccccc4)c4ccccc4)cc4c2B3N2c3ccccc3Oc3cccc-4c32)cc1. The third kappa shape index (κ3) is 5.35. The van der Waals surface area contributed by atoms with E-state index in [0.717, 1.165) is 79.6 Å². The molecule has 0 saturated heterocycles. The van der Waals surface area contributed by atoms with Crippen molar-refractivity contribution in [3.8, 4) is 22.6 Å². The molecule has 12 rings (SSSR count). The van der Waals surface area contributed by atoms with E-state index < -0.39 is 0 Å². The quantitative estimate of drug-likeness (QED) is 0.150. The summed E-state index contributed by atoms with van der Waals surface area (Å²) in [5, 5.41) is 0. The fourth-order valence-corrected chi connectivity index (χ4v) is 9.47. The number of hydrogen-bond acceptors (Lipinski definition) is 5. The van der Waals surface area contributed by atoms with E-state index in [1.54, 1.807) is 0 Å². The maximum Gasteiger partial charge on any atom is 0.333 e. The number of para-hydroxylation sites is 8. The van der Waals surface area contributed by atoms with Crippen molar-refractivity contribution in [3.05, 3.63) is 224 Å². The van der Waals surface area contributed by atoms with Crippen LogP contribution in [-0.4, -0.2) is 6.85 Å². The fraction of sp³-hybridized carbons (Fsp3) is 0. The maximum atomic E-state index is 6.75. The Morgan fingerprint density at radius 1 is 0.367 bits per heavy atom. The molecule has 3 aliphatic heterocycles. The standard InChI is InChI=1S/C54H37BN4O/c1-6-19-38(20-7-1)56(39-21-8-2-9-22-39)43-33-34-47-49(36-43)58(42-27-14-5-15-28-42)50-37-44(57(40-23-10-3-11-24-40)41-25-12-4-13-26-41)35-46-45-29-18-32-52-54(45)59(55(47)53(46)50)48-30-16-17-31-51(48)60-52/h1-37H. The molecule has 0 aromatic heterocycles. The maximum absolute atomic E-state index is 6.75. The molecular formula is C54H37BN4O. The van der Waals surface area contributed by atoms with Crippen molar-refractivity contribution in [3.63, 3.8) is 0 Å². The molecule has 0 N–H and O–H groups in total. The first kappa shape index (κ1) is 34.1. The van der Waals surface area contributed by atoms with Gasteiger partial charge in [0.05, 0.1) is 11.4 Å². The Labute approximate surface area is 350 Å². The van der Waals surface area contributed by atoms with Crippen LogP contribution in [0.1, 0.15) is 0 Å². The molecule has 9 aromatic rings. The molecule has 0 amide bonds. The number of fused-ring (bicyclic) bond motifs is 6. The predicted molar refractivity (Wildman–Crippen MR) is 250 cm³/mol. The summed E-state index contributed by atoms with van der Waals surface area (Å²) >= 11 is 0. The van der Waals surface area contributed by atoms with E-state index in [2.05, 4.69) is 244 Å². The highest BCUT2D eigenvalue weighted by molar-refractivity contribution is 6.93. The molecule has 3 heterocycles. The Kier molecular flexibility index (Phi) is 7.88. The van der Waals surface area contributed by atoms with Gasteiger partial charge < -0.3 is 24.2 Å². The zero-order chi connectivity index (χ0) is 39.6. The van der Waals surface area contributed by atoms with Gasteiger partial charge in [-0.25, -0.2) is 0 Å². The second-order valence-corrected chi connectivity index (χ2v) is 15.3. The number of anilines is 11. The zero-order valence-corrected chi connectivity index (χ0v) is 32.6. The first-order valence-corrected chi connectivity index (χ1v) is 20.5. The molecule has 5 nitrogen and oxygen atoms in total. The van der Waals surface area contributed by atoms with Gasteiger partial charge in [0.25, 0.3) is 0 Å². The Morgan fingerprint density at radius 3 is 1.50 bits per heavy atom. The van der Waals surface area contributed by atoms with E-state index in [0.29, 0.717) is 0 Å². The van der Waals surface area contributed by atoms with Crippen molar-refractivity contribution in [2.45, 2.75) is 0 Å². The topological polar surface area (TPSA) is 22.2 Å². The minimum Gasteiger partial charge on any atom is -0.453 e. The van der Waals surface area contributed by atoms with Crippen molar-refractivity contribution < 1.29 is 4.74 Å². The molecule has 0 atom stereocenters. The van der Waals surface area contributed by atoms with Gasteiger partial charge in [-0.05, 0) is 120 Å². The van der Waals surface area contributed by atoms with Gasteiger partial charge in [0.2, 0.25) is 0 Å². The summed E-state index contributed by atoms with van der Waals surface area (Å²) in [5.74, 6) is 1.71. The van der Waals surface area contributed by atoms with Crippen molar-refractivity contribution >= 4 is 80.3 Å². The van der Waals surface area contributed by atoms with Crippen LogP contribution in [0, 0.1) is 0 Å². The van der Waals surface area contributed by atoms with Gasteiger partial charge >= 0.3 is 6.85 Å². The summed E-state index contributed by atoms with van der Waals surface area (Å²) in [4.78, 5) is 9.75. The zero-order valence-electron chi connectivity index (χ0n) is 32.6. The third-order valence-electron chi connectivity index (χ3n) is 11.9. The van der Waals surface area contributed by atoms with Crippen molar-refractivity contribution in [1.82, 2.24) is 0 Å².